The third-order valence-electron chi connectivity index (χ3n) is 6.64. The maximum absolute atomic E-state index is 6.38. The zero-order valence-corrected chi connectivity index (χ0v) is 17.1. The van der Waals surface area contributed by atoms with Crippen molar-refractivity contribution in [2.75, 3.05) is 6.61 Å². The molecule has 2 nitrogen and oxygen atoms in total. The number of benzene rings is 1. The minimum atomic E-state index is 0.292. The van der Waals surface area contributed by atoms with Crippen molar-refractivity contribution >= 4 is 23.2 Å². The van der Waals surface area contributed by atoms with Gasteiger partial charge < -0.3 is 10.1 Å². The highest BCUT2D eigenvalue weighted by molar-refractivity contribution is 6.37. The highest BCUT2D eigenvalue weighted by atomic mass is 35.5. The predicted octanol–water partition coefficient (Wildman–Crippen LogP) is 6.23. The largest absolute Gasteiger partial charge is 0.491 e. The van der Waals surface area contributed by atoms with Gasteiger partial charge in [-0.25, -0.2) is 0 Å². The average molecular weight is 382 g/mol. The number of rotatable bonds is 5. The van der Waals surface area contributed by atoms with Gasteiger partial charge in [-0.05, 0) is 79.9 Å². The van der Waals surface area contributed by atoms with Crippen LogP contribution in [0.4, 0.5) is 0 Å². The lowest BCUT2D eigenvalue weighted by Crippen LogP contribution is -2.63. The quantitative estimate of drug-likeness (QED) is 0.652. The molecule has 4 aliphatic carbocycles. The molecule has 0 aromatic heterocycles. The first-order valence-electron chi connectivity index (χ1n) is 9.60. The number of halogens is 2. The number of nitrogens with one attached hydrogen (secondary N) is 1. The van der Waals surface area contributed by atoms with Crippen LogP contribution < -0.4 is 10.1 Å². The standard InChI is InChI=1S/C21H29Cl2NO/c1-4-25-18-16(22)5-14(6-17(18)23)10-24-21-9-15-7-19(2,12-21)11-20(3,8-15)13-21/h5-6,15,24H,4,7-13H2,1-3H3/t15?,19-,20+,21?. The minimum Gasteiger partial charge on any atom is -0.491 e. The summed E-state index contributed by atoms with van der Waals surface area (Å²) in [4.78, 5) is 0. The van der Waals surface area contributed by atoms with Crippen molar-refractivity contribution in [3.8, 4) is 5.75 Å². The summed E-state index contributed by atoms with van der Waals surface area (Å²) in [6.07, 6.45) is 8.20. The molecule has 1 aromatic rings. The second kappa shape index (κ2) is 6.04. The summed E-state index contributed by atoms with van der Waals surface area (Å²) in [6, 6.07) is 3.99. The Balaban J connectivity index is 1.52. The summed E-state index contributed by atoms with van der Waals surface area (Å²) in [7, 11) is 0. The average Bonchev–Trinajstić information content (AvgIpc) is 2.45. The second-order valence-corrected chi connectivity index (χ2v) is 10.4. The first-order chi connectivity index (χ1) is 11.7. The Hall–Kier alpha value is -0.440. The van der Waals surface area contributed by atoms with Crippen molar-refractivity contribution < 1.29 is 4.74 Å². The summed E-state index contributed by atoms with van der Waals surface area (Å²) in [5.74, 6) is 1.50. The van der Waals surface area contributed by atoms with Crippen molar-refractivity contribution in [1.29, 1.82) is 0 Å². The molecule has 0 amide bonds. The highest BCUT2D eigenvalue weighted by Crippen LogP contribution is 2.66. The number of hydrogen-bond donors (Lipinski definition) is 1. The van der Waals surface area contributed by atoms with Crippen LogP contribution in [0.25, 0.3) is 0 Å². The lowest BCUT2D eigenvalue weighted by atomic mass is 9.43. The first-order valence-corrected chi connectivity index (χ1v) is 10.4. The lowest BCUT2D eigenvalue weighted by Gasteiger charge is -2.65. The van der Waals surface area contributed by atoms with E-state index in [1.54, 1.807) is 0 Å². The normalized spacial score (nSPS) is 39.0. The van der Waals surface area contributed by atoms with Crippen LogP contribution in [0.3, 0.4) is 0 Å². The van der Waals surface area contributed by atoms with Crippen LogP contribution in [0.1, 0.15) is 64.9 Å². The van der Waals surface area contributed by atoms with Gasteiger partial charge in [0.05, 0.1) is 16.7 Å². The van der Waals surface area contributed by atoms with E-state index in [1.807, 2.05) is 19.1 Å². The molecule has 0 saturated heterocycles. The van der Waals surface area contributed by atoms with Crippen LogP contribution in [0.2, 0.25) is 10.0 Å². The Labute approximate surface area is 161 Å². The van der Waals surface area contributed by atoms with E-state index in [1.165, 1.54) is 38.5 Å². The molecule has 0 spiro atoms. The van der Waals surface area contributed by atoms with Crippen LogP contribution in [0.5, 0.6) is 5.75 Å². The Morgan fingerprint density at radius 1 is 1.04 bits per heavy atom. The molecular formula is C21H29Cl2NO. The molecule has 1 aromatic carbocycles. The van der Waals surface area contributed by atoms with Gasteiger partial charge in [0.2, 0.25) is 0 Å². The Morgan fingerprint density at radius 2 is 1.64 bits per heavy atom. The number of ether oxygens (including phenoxy) is 1. The minimum absolute atomic E-state index is 0.292. The molecule has 4 bridgehead atoms. The van der Waals surface area contributed by atoms with Crippen LogP contribution in [0.15, 0.2) is 12.1 Å². The second-order valence-electron chi connectivity index (χ2n) is 9.59. The molecule has 0 aliphatic heterocycles. The molecule has 4 heteroatoms. The topological polar surface area (TPSA) is 21.3 Å². The van der Waals surface area contributed by atoms with Crippen molar-refractivity contribution in [1.82, 2.24) is 5.32 Å². The van der Waals surface area contributed by atoms with E-state index < -0.39 is 0 Å². The van der Waals surface area contributed by atoms with Gasteiger partial charge in [0.15, 0.2) is 5.75 Å². The highest BCUT2D eigenvalue weighted by Gasteiger charge is 2.59. The molecule has 138 valence electrons. The van der Waals surface area contributed by atoms with Crippen molar-refractivity contribution in [3.63, 3.8) is 0 Å². The van der Waals surface area contributed by atoms with E-state index >= 15 is 0 Å². The molecule has 0 radical (unpaired) electrons. The van der Waals surface area contributed by atoms with Crippen molar-refractivity contribution in [2.24, 2.45) is 16.7 Å². The van der Waals surface area contributed by atoms with Gasteiger partial charge in [-0.15, -0.1) is 0 Å². The van der Waals surface area contributed by atoms with Gasteiger partial charge in [-0.2, -0.15) is 0 Å². The molecule has 1 N–H and O–H groups in total. The molecule has 4 saturated carbocycles. The molecule has 4 aliphatic rings. The van der Waals surface area contributed by atoms with Crippen LogP contribution in [0, 0.1) is 16.7 Å². The monoisotopic (exact) mass is 381 g/mol. The van der Waals surface area contributed by atoms with Gasteiger partial charge >= 0.3 is 0 Å². The Morgan fingerprint density at radius 3 is 2.16 bits per heavy atom. The van der Waals surface area contributed by atoms with Gasteiger partial charge in [0, 0.05) is 12.1 Å². The van der Waals surface area contributed by atoms with E-state index in [4.69, 9.17) is 27.9 Å². The molecule has 4 fully saturated rings. The van der Waals surface area contributed by atoms with Crippen LogP contribution >= 0.6 is 23.2 Å². The van der Waals surface area contributed by atoms with E-state index in [2.05, 4.69) is 19.2 Å². The summed E-state index contributed by atoms with van der Waals surface area (Å²) in [5.41, 5.74) is 2.48. The SMILES string of the molecule is CCOc1c(Cl)cc(CNC23CC4C[C@@](C)(C2)C[C@](C)(C4)C3)cc1Cl. The molecule has 0 heterocycles. The third-order valence-corrected chi connectivity index (χ3v) is 7.20. The maximum atomic E-state index is 6.38. The Kier molecular flexibility index (Phi) is 4.34. The van der Waals surface area contributed by atoms with E-state index in [9.17, 15) is 0 Å². The number of hydrogen-bond acceptors (Lipinski definition) is 2. The zero-order chi connectivity index (χ0) is 17.9. The van der Waals surface area contributed by atoms with Gasteiger partial charge in [0.25, 0.3) is 0 Å². The lowest BCUT2D eigenvalue weighted by molar-refractivity contribution is -0.118. The maximum Gasteiger partial charge on any atom is 0.156 e. The van der Waals surface area contributed by atoms with Gasteiger partial charge in [0.1, 0.15) is 0 Å². The van der Waals surface area contributed by atoms with Crippen molar-refractivity contribution in [2.45, 2.75) is 71.4 Å². The summed E-state index contributed by atoms with van der Waals surface area (Å²) >= 11 is 12.8. The van der Waals surface area contributed by atoms with E-state index in [0.717, 1.165) is 18.0 Å². The Bertz CT molecular complexity index is 647. The fraction of sp³-hybridized carbons (Fsp3) is 0.714. The summed E-state index contributed by atoms with van der Waals surface area (Å²) in [5, 5.41) is 5.16. The summed E-state index contributed by atoms with van der Waals surface area (Å²) < 4.78 is 5.54. The fourth-order valence-corrected chi connectivity index (χ4v) is 7.57. The van der Waals surface area contributed by atoms with Gasteiger partial charge in [-0.1, -0.05) is 37.0 Å². The van der Waals surface area contributed by atoms with Crippen LogP contribution in [-0.2, 0) is 6.54 Å². The molecule has 4 atom stereocenters. The predicted molar refractivity (Wildman–Crippen MR) is 105 cm³/mol. The van der Waals surface area contributed by atoms with Crippen molar-refractivity contribution in [3.05, 3.63) is 27.7 Å². The smallest absolute Gasteiger partial charge is 0.156 e. The molecule has 5 rings (SSSR count). The molecule has 2 unspecified atom stereocenters. The third kappa shape index (κ3) is 3.31. The fourth-order valence-electron chi connectivity index (χ4n) is 6.93. The van der Waals surface area contributed by atoms with Crippen LogP contribution in [-0.4, -0.2) is 12.1 Å². The molecular weight excluding hydrogens is 353 g/mol. The zero-order valence-electron chi connectivity index (χ0n) is 15.6. The summed E-state index contributed by atoms with van der Waals surface area (Å²) in [6.45, 7) is 8.35. The van der Waals surface area contributed by atoms with Gasteiger partial charge in [-0.3, -0.25) is 0 Å². The van der Waals surface area contributed by atoms with E-state index in [-0.39, 0.29) is 0 Å². The van der Waals surface area contributed by atoms with E-state index in [0.29, 0.717) is 38.8 Å². The molecule has 25 heavy (non-hydrogen) atoms. The first kappa shape index (κ1) is 17.9.